The van der Waals surface area contributed by atoms with Crippen LogP contribution in [0.2, 0.25) is 0 Å². The highest BCUT2D eigenvalue weighted by Crippen LogP contribution is 2.20. The maximum Gasteiger partial charge on any atom is 0.257 e. The van der Waals surface area contributed by atoms with Crippen LogP contribution in [0.1, 0.15) is 20.9 Å². The maximum absolute atomic E-state index is 12.4. The van der Waals surface area contributed by atoms with E-state index in [2.05, 4.69) is 30.6 Å². The zero-order chi connectivity index (χ0) is 26.2. The summed E-state index contributed by atoms with van der Waals surface area (Å²) in [6.45, 7) is 1.18. The molecule has 3 aromatic carbocycles. The molecule has 0 saturated heterocycles. The lowest BCUT2D eigenvalue weighted by Gasteiger charge is -2.08. The van der Waals surface area contributed by atoms with Crippen molar-refractivity contribution >= 4 is 45.4 Å². The standard InChI is InChI=1S/C28H24N6O3S/c35-25(17-26-32-33-28(38-26)30-27(36)20-9-3-1-4-10-20)31-29-18-21-19-34(24-14-8-7-13-23(21)24)15-16-37-22-11-5-2-6-12-22/h1-14,18-19H,15-17H2,(H,31,35)(H,30,33,36)/b29-18-. The summed E-state index contributed by atoms with van der Waals surface area (Å²) in [4.78, 5) is 24.7. The number of amides is 2. The Kier molecular flexibility index (Phi) is 7.80. The SMILES string of the molecule is O=C(Cc1nnc(NC(=O)c2ccccc2)s1)N/N=C\c1cn(CCOc2ccccc2)c2ccccc12. The number of nitrogens with one attached hydrogen (secondary N) is 2. The smallest absolute Gasteiger partial charge is 0.257 e. The van der Waals surface area contributed by atoms with Gasteiger partial charge in [-0.2, -0.15) is 5.10 Å². The van der Waals surface area contributed by atoms with E-state index in [0.717, 1.165) is 33.6 Å². The second-order valence-corrected chi connectivity index (χ2v) is 9.31. The number of benzene rings is 3. The van der Waals surface area contributed by atoms with Gasteiger partial charge in [-0.3, -0.25) is 14.9 Å². The normalized spacial score (nSPS) is 11.1. The van der Waals surface area contributed by atoms with Crippen LogP contribution in [0, 0.1) is 0 Å². The fourth-order valence-electron chi connectivity index (χ4n) is 3.83. The summed E-state index contributed by atoms with van der Waals surface area (Å²) in [5.74, 6) is 0.209. The number of ether oxygens (including phenoxy) is 1. The quantitative estimate of drug-likeness (QED) is 0.206. The van der Waals surface area contributed by atoms with Gasteiger partial charge in [0.15, 0.2) is 0 Å². The first kappa shape index (κ1) is 24.8. The number of rotatable bonds is 10. The Hall–Kier alpha value is -4.83. The fourth-order valence-corrected chi connectivity index (χ4v) is 4.56. The van der Waals surface area contributed by atoms with Crippen molar-refractivity contribution in [2.24, 2.45) is 5.10 Å². The van der Waals surface area contributed by atoms with Gasteiger partial charge in [0, 0.05) is 28.2 Å². The summed E-state index contributed by atoms with van der Waals surface area (Å²) < 4.78 is 7.94. The van der Waals surface area contributed by atoms with Crippen LogP contribution in [0.25, 0.3) is 10.9 Å². The first-order chi connectivity index (χ1) is 18.7. The lowest BCUT2D eigenvalue weighted by Crippen LogP contribution is -2.19. The Labute approximate surface area is 222 Å². The molecular formula is C28H24N6O3S. The van der Waals surface area contributed by atoms with Crippen molar-refractivity contribution in [1.82, 2.24) is 20.2 Å². The number of carbonyl (C=O) groups is 2. The number of anilines is 1. The lowest BCUT2D eigenvalue weighted by atomic mass is 10.2. The highest BCUT2D eigenvalue weighted by molar-refractivity contribution is 7.15. The van der Waals surface area contributed by atoms with Gasteiger partial charge < -0.3 is 9.30 Å². The van der Waals surface area contributed by atoms with E-state index < -0.39 is 0 Å². The van der Waals surface area contributed by atoms with Crippen LogP contribution in [-0.2, 0) is 17.8 Å². The summed E-state index contributed by atoms with van der Waals surface area (Å²) in [5, 5.41) is 16.6. The molecule has 0 fully saturated rings. The Morgan fingerprint density at radius 3 is 2.50 bits per heavy atom. The summed E-state index contributed by atoms with van der Waals surface area (Å²) in [7, 11) is 0. The number of aromatic nitrogens is 3. The number of hydrogen-bond donors (Lipinski definition) is 2. The number of carbonyl (C=O) groups excluding carboxylic acids is 2. The molecule has 0 aliphatic carbocycles. The molecule has 0 radical (unpaired) electrons. The van der Waals surface area contributed by atoms with Crippen molar-refractivity contribution in [2.45, 2.75) is 13.0 Å². The van der Waals surface area contributed by atoms with E-state index in [1.54, 1.807) is 30.5 Å². The van der Waals surface area contributed by atoms with E-state index in [1.807, 2.05) is 66.9 Å². The third-order valence-electron chi connectivity index (χ3n) is 5.59. The maximum atomic E-state index is 12.4. The Morgan fingerprint density at radius 2 is 1.68 bits per heavy atom. The van der Waals surface area contributed by atoms with E-state index in [0.29, 0.717) is 28.9 Å². The molecule has 5 rings (SSSR count). The molecule has 0 aliphatic rings. The third-order valence-corrected chi connectivity index (χ3v) is 6.43. The second kappa shape index (κ2) is 11.9. The van der Waals surface area contributed by atoms with Gasteiger partial charge in [0.2, 0.25) is 11.0 Å². The largest absolute Gasteiger partial charge is 0.492 e. The van der Waals surface area contributed by atoms with E-state index in [9.17, 15) is 9.59 Å². The van der Waals surface area contributed by atoms with Crippen molar-refractivity contribution in [1.29, 1.82) is 0 Å². The second-order valence-electron chi connectivity index (χ2n) is 8.25. The molecule has 190 valence electrons. The van der Waals surface area contributed by atoms with Crippen molar-refractivity contribution in [3.8, 4) is 5.75 Å². The van der Waals surface area contributed by atoms with E-state index in [4.69, 9.17) is 4.74 Å². The molecule has 0 spiro atoms. The van der Waals surface area contributed by atoms with Crippen molar-refractivity contribution < 1.29 is 14.3 Å². The number of nitrogens with zero attached hydrogens (tertiary/aromatic N) is 4. The Bertz CT molecular complexity index is 1560. The van der Waals surface area contributed by atoms with E-state index in [-0.39, 0.29) is 18.2 Å². The van der Waals surface area contributed by atoms with Crippen LogP contribution in [0.5, 0.6) is 5.75 Å². The van der Waals surface area contributed by atoms with Crippen LogP contribution in [0.4, 0.5) is 5.13 Å². The lowest BCUT2D eigenvalue weighted by molar-refractivity contribution is -0.120. The molecule has 5 aromatic rings. The summed E-state index contributed by atoms with van der Waals surface area (Å²) in [6, 6.07) is 26.5. The highest BCUT2D eigenvalue weighted by Gasteiger charge is 2.12. The topological polar surface area (TPSA) is 111 Å². The molecular weight excluding hydrogens is 500 g/mol. The van der Waals surface area contributed by atoms with Gasteiger partial charge in [0.05, 0.1) is 19.2 Å². The highest BCUT2D eigenvalue weighted by atomic mass is 32.1. The van der Waals surface area contributed by atoms with Gasteiger partial charge in [-0.05, 0) is 30.3 Å². The Balaban J connectivity index is 1.16. The fraction of sp³-hybridized carbons (Fsp3) is 0.107. The van der Waals surface area contributed by atoms with Crippen LogP contribution in [0.15, 0.2) is 96.2 Å². The van der Waals surface area contributed by atoms with Crippen molar-refractivity contribution in [3.05, 3.63) is 107 Å². The number of fused-ring (bicyclic) bond motifs is 1. The summed E-state index contributed by atoms with van der Waals surface area (Å²) >= 11 is 1.14. The molecule has 9 nitrogen and oxygen atoms in total. The summed E-state index contributed by atoms with van der Waals surface area (Å²) in [6.07, 6.45) is 3.61. The van der Waals surface area contributed by atoms with Crippen LogP contribution in [-0.4, -0.2) is 39.4 Å². The van der Waals surface area contributed by atoms with Gasteiger partial charge >= 0.3 is 0 Å². The Morgan fingerprint density at radius 1 is 0.947 bits per heavy atom. The minimum atomic E-state index is -0.335. The third kappa shape index (κ3) is 6.29. The van der Waals surface area contributed by atoms with Crippen LogP contribution in [0.3, 0.4) is 0 Å². The molecule has 2 N–H and O–H groups in total. The zero-order valence-electron chi connectivity index (χ0n) is 20.3. The predicted octanol–water partition coefficient (Wildman–Crippen LogP) is 4.52. The first-order valence-electron chi connectivity index (χ1n) is 11.9. The van der Waals surface area contributed by atoms with Gasteiger partial charge in [-0.1, -0.05) is 65.9 Å². The van der Waals surface area contributed by atoms with Crippen LogP contribution < -0.4 is 15.5 Å². The predicted molar refractivity (Wildman–Crippen MR) is 148 cm³/mol. The summed E-state index contributed by atoms with van der Waals surface area (Å²) in [5.41, 5.74) is 4.99. The average molecular weight is 525 g/mol. The molecule has 0 unspecified atom stereocenters. The molecule has 2 heterocycles. The first-order valence-corrected chi connectivity index (χ1v) is 12.7. The minimum Gasteiger partial charge on any atom is -0.492 e. The van der Waals surface area contributed by atoms with Crippen molar-refractivity contribution in [2.75, 3.05) is 11.9 Å². The van der Waals surface area contributed by atoms with Gasteiger partial charge in [-0.25, -0.2) is 5.43 Å². The monoisotopic (exact) mass is 524 g/mol. The molecule has 2 aromatic heterocycles. The molecule has 38 heavy (non-hydrogen) atoms. The number of para-hydroxylation sites is 2. The average Bonchev–Trinajstić information content (AvgIpc) is 3.54. The number of hydrazone groups is 1. The van der Waals surface area contributed by atoms with Gasteiger partial charge in [0.25, 0.3) is 5.91 Å². The number of hydrogen-bond acceptors (Lipinski definition) is 7. The van der Waals surface area contributed by atoms with Crippen LogP contribution >= 0.6 is 11.3 Å². The minimum absolute atomic E-state index is 0.00516. The molecule has 0 saturated carbocycles. The zero-order valence-corrected chi connectivity index (χ0v) is 21.1. The van der Waals surface area contributed by atoms with Gasteiger partial charge in [0.1, 0.15) is 17.4 Å². The molecule has 2 amide bonds. The van der Waals surface area contributed by atoms with Crippen molar-refractivity contribution in [3.63, 3.8) is 0 Å². The molecule has 0 aliphatic heterocycles. The van der Waals surface area contributed by atoms with Gasteiger partial charge in [-0.15, -0.1) is 10.2 Å². The molecule has 0 atom stereocenters. The molecule has 0 bridgehead atoms. The van der Waals surface area contributed by atoms with E-state index >= 15 is 0 Å². The van der Waals surface area contributed by atoms with E-state index in [1.165, 1.54) is 0 Å². The molecule has 10 heteroatoms.